The number of nitrogens with one attached hydrogen (secondary N) is 1. The molecule has 1 saturated carbocycles. The van der Waals surface area contributed by atoms with E-state index in [9.17, 15) is 9.50 Å². The molecule has 0 aliphatic heterocycles. The lowest BCUT2D eigenvalue weighted by Gasteiger charge is -2.15. The van der Waals surface area contributed by atoms with Crippen LogP contribution in [-0.2, 0) is 0 Å². The fraction of sp³-hybridized carbons (Fsp3) is 0.571. The van der Waals surface area contributed by atoms with Crippen LogP contribution in [0.3, 0.4) is 0 Å². The number of halogens is 1. The first-order chi connectivity index (χ1) is 9.11. The summed E-state index contributed by atoms with van der Waals surface area (Å²) in [5.74, 6) is 0.128. The van der Waals surface area contributed by atoms with Crippen LogP contribution in [0, 0.1) is 11.7 Å². The number of ether oxygens (including phenoxy) is 1. The summed E-state index contributed by atoms with van der Waals surface area (Å²) in [5, 5.41) is 12.9. The van der Waals surface area contributed by atoms with Crippen LogP contribution in [-0.4, -0.2) is 24.4 Å². The molecule has 0 bridgehead atoms. The summed E-state index contributed by atoms with van der Waals surface area (Å²) >= 11 is 0. The van der Waals surface area contributed by atoms with Crippen molar-refractivity contribution in [1.29, 1.82) is 0 Å². The number of nitrogen functional groups attached to an aromatic ring is 1. The average Bonchev–Trinajstić information content (AvgIpc) is 3.20. The van der Waals surface area contributed by atoms with Gasteiger partial charge in [0.25, 0.3) is 0 Å². The Bertz CT molecular complexity index is 436. The third-order valence-corrected chi connectivity index (χ3v) is 3.23. The van der Waals surface area contributed by atoms with Gasteiger partial charge in [-0.25, -0.2) is 4.39 Å². The van der Waals surface area contributed by atoms with Crippen LogP contribution in [0.15, 0.2) is 12.1 Å². The van der Waals surface area contributed by atoms with Crippen molar-refractivity contribution in [2.24, 2.45) is 5.92 Å². The molecule has 5 heteroatoms. The highest BCUT2D eigenvalue weighted by atomic mass is 19.1. The Balaban J connectivity index is 2.01. The standard InChI is InChI=1S/C14H21FN2O2/c1-2-5-19-14-7-12(11(16)6-10(14)15)17-8-13(18)9-3-4-9/h6-7,9,13,17-18H,2-5,8,16H2,1H3. The zero-order valence-electron chi connectivity index (χ0n) is 11.2. The predicted octanol–water partition coefficient (Wildman–Crippen LogP) is 2.38. The lowest BCUT2D eigenvalue weighted by atomic mass is 10.2. The van der Waals surface area contributed by atoms with Crippen LogP contribution in [0.4, 0.5) is 15.8 Å². The van der Waals surface area contributed by atoms with Crippen molar-refractivity contribution >= 4 is 11.4 Å². The molecular weight excluding hydrogens is 247 g/mol. The molecule has 1 fully saturated rings. The molecule has 4 nitrogen and oxygen atoms in total. The van der Waals surface area contributed by atoms with Crippen molar-refractivity contribution < 1.29 is 14.2 Å². The first-order valence-corrected chi connectivity index (χ1v) is 6.75. The maximum atomic E-state index is 13.6. The first kappa shape index (κ1) is 13.9. The molecule has 1 aromatic rings. The predicted molar refractivity (Wildman–Crippen MR) is 73.8 cm³/mol. The van der Waals surface area contributed by atoms with Crippen LogP contribution < -0.4 is 15.8 Å². The Kier molecular flexibility index (Phi) is 4.47. The van der Waals surface area contributed by atoms with Gasteiger partial charge in [0, 0.05) is 18.7 Å². The summed E-state index contributed by atoms with van der Waals surface area (Å²) in [6.07, 6.45) is 2.59. The Morgan fingerprint density at radius 2 is 2.26 bits per heavy atom. The van der Waals surface area contributed by atoms with Gasteiger partial charge >= 0.3 is 0 Å². The zero-order chi connectivity index (χ0) is 13.8. The van der Waals surface area contributed by atoms with Gasteiger partial charge in [0.2, 0.25) is 0 Å². The van der Waals surface area contributed by atoms with Gasteiger partial charge < -0.3 is 20.9 Å². The monoisotopic (exact) mass is 268 g/mol. The number of anilines is 2. The van der Waals surface area contributed by atoms with E-state index in [1.54, 1.807) is 6.07 Å². The third kappa shape index (κ3) is 3.73. The van der Waals surface area contributed by atoms with Crippen LogP contribution in [0.2, 0.25) is 0 Å². The SMILES string of the molecule is CCCOc1cc(NCC(O)C2CC2)c(N)cc1F. The molecule has 2 rings (SSSR count). The van der Waals surface area contributed by atoms with E-state index in [2.05, 4.69) is 5.32 Å². The van der Waals surface area contributed by atoms with Crippen molar-refractivity contribution in [3.8, 4) is 5.75 Å². The highest BCUT2D eigenvalue weighted by Gasteiger charge is 2.29. The minimum Gasteiger partial charge on any atom is -0.490 e. The summed E-state index contributed by atoms with van der Waals surface area (Å²) < 4.78 is 18.9. The number of benzene rings is 1. The topological polar surface area (TPSA) is 67.5 Å². The molecule has 0 radical (unpaired) electrons. The lowest BCUT2D eigenvalue weighted by Crippen LogP contribution is -2.21. The number of hydrogen-bond acceptors (Lipinski definition) is 4. The molecule has 106 valence electrons. The second-order valence-corrected chi connectivity index (χ2v) is 5.00. The maximum absolute atomic E-state index is 13.6. The minimum atomic E-state index is -0.459. The van der Waals surface area contributed by atoms with E-state index in [1.807, 2.05) is 6.92 Å². The van der Waals surface area contributed by atoms with Crippen LogP contribution in [0.25, 0.3) is 0 Å². The van der Waals surface area contributed by atoms with Crippen LogP contribution >= 0.6 is 0 Å². The van der Waals surface area contributed by atoms with Crippen LogP contribution in [0.5, 0.6) is 5.75 Å². The van der Waals surface area contributed by atoms with Crippen molar-refractivity contribution in [2.75, 3.05) is 24.2 Å². The highest BCUT2D eigenvalue weighted by molar-refractivity contribution is 5.68. The van der Waals surface area contributed by atoms with Gasteiger partial charge in [-0.3, -0.25) is 0 Å². The molecule has 1 unspecified atom stereocenters. The van der Waals surface area contributed by atoms with E-state index in [4.69, 9.17) is 10.5 Å². The molecular formula is C14H21FN2O2. The highest BCUT2D eigenvalue weighted by Crippen LogP contribution is 2.33. The van der Waals surface area contributed by atoms with E-state index in [1.165, 1.54) is 6.07 Å². The Morgan fingerprint density at radius 3 is 2.89 bits per heavy atom. The quantitative estimate of drug-likeness (QED) is 0.664. The van der Waals surface area contributed by atoms with Gasteiger partial charge in [-0.1, -0.05) is 6.92 Å². The Labute approximate surface area is 112 Å². The number of aliphatic hydroxyl groups excluding tert-OH is 1. The van der Waals surface area contributed by atoms with E-state index >= 15 is 0 Å². The Hall–Kier alpha value is -1.49. The molecule has 0 aromatic heterocycles. The number of rotatable bonds is 7. The first-order valence-electron chi connectivity index (χ1n) is 6.75. The van der Waals surface area contributed by atoms with E-state index < -0.39 is 5.82 Å². The van der Waals surface area contributed by atoms with Crippen molar-refractivity contribution in [3.05, 3.63) is 17.9 Å². The number of aliphatic hydroxyl groups is 1. The van der Waals surface area contributed by atoms with Crippen molar-refractivity contribution in [2.45, 2.75) is 32.3 Å². The molecule has 19 heavy (non-hydrogen) atoms. The summed E-state index contributed by atoms with van der Waals surface area (Å²) in [7, 11) is 0. The van der Waals surface area contributed by atoms with E-state index in [0.29, 0.717) is 30.4 Å². The maximum Gasteiger partial charge on any atom is 0.167 e. The normalized spacial score (nSPS) is 16.2. The summed E-state index contributed by atoms with van der Waals surface area (Å²) in [6.45, 7) is 2.85. The van der Waals surface area contributed by atoms with Gasteiger partial charge in [0.15, 0.2) is 11.6 Å². The van der Waals surface area contributed by atoms with Crippen LogP contribution in [0.1, 0.15) is 26.2 Å². The average molecular weight is 268 g/mol. The van der Waals surface area contributed by atoms with Gasteiger partial charge in [0.05, 0.1) is 24.1 Å². The van der Waals surface area contributed by atoms with Gasteiger partial charge in [-0.05, 0) is 25.2 Å². The molecule has 0 amide bonds. The Morgan fingerprint density at radius 1 is 1.53 bits per heavy atom. The number of nitrogens with two attached hydrogens (primary N) is 1. The summed E-state index contributed by atoms with van der Waals surface area (Å²) in [6, 6.07) is 2.80. The van der Waals surface area contributed by atoms with Gasteiger partial charge in [-0.15, -0.1) is 0 Å². The van der Waals surface area contributed by atoms with E-state index in [0.717, 1.165) is 19.3 Å². The second kappa shape index (κ2) is 6.10. The van der Waals surface area contributed by atoms with Crippen molar-refractivity contribution in [3.63, 3.8) is 0 Å². The molecule has 0 heterocycles. The molecule has 1 aromatic carbocycles. The summed E-state index contributed by atoms with van der Waals surface area (Å²) in [5.41, 5.74) is 6.68. The van der Waals surface area contributed by atoms with Gasteiger partial charge in [-0.2, -0.15) is 0 Å². The molecule has 1 atom stereocenters. The molecule has 1 aliphatic rings. The van der Waals surface area contributed by atoms with Crippen molar-refractivity contribution in [1.82, 2.24) is 0 Å². The minimum absolute atomic E-state index is 0.194. The lowest BCUT2D eigenvalue weighted by molar-refractivity contribution is 0.164. The number of hydrogen-bond donors (Lipinski definition) is 3. The smallest absolute Gasteiger partial charge is 0.167 e. The van der Waals surface area contributed by atoms with E-state index in [-0.39, 0.29) is 11.9 Å². The molecule has 4 N–H and O–H groups in total. The molecule has 0 spiro atoms. The largest absolute Gasteiger partial charge is 0.490 e. The van der Waals surface area contributed by atoms with Gasteiger partial charge in [0.1, 0.15) is 0 Å². The molecule has 1 aliphatic carbocycles. The zero-order valence-corrected chi connectivity index (χ0v) is 11.2. The summed E-state index contributed by atoms with van der Waals surface area (Å²) in [4.78, 5) is 0. The fourth-order valence-electron chi connectivity index (χ4n) is 1.91. The second-order valence-electron chi connectivity index (χ2n) is 5.00. The fourth-order valence-corrected chi connectivity index (χ4v) is 1.91. The molecule has 0 saturated heterocycles. The third-order valence-electron chi connectivity index (χ3n) is 3.23.